The van der Waals surface area contributed by atoms with Gasteiger partial charge in [0.25, 0.3) is 0 Å². The molecule has 12 nitrogen and oxygen atoms in total. The maximum absolute atomic E-state index is 12.8. The molecule has 0 amide bonds. The Kier molecular flexibility index (Phi) is 31.2. The number of rotatable bonds is 33. The second-order valence-corrected chi connectivity index (χ2v) is 15.5. The molecule has 0 spiro atoms. The Morgan fingerprint density at radius 1 is 0.571 bits per heavy atom. The fourth-order valence-electron chi connectivity index (χ4n) is 5.79. The third-order valence-corrected chi connectivity index (χ3v) is 10.1. The molecule has 0 aromatic heterocycles. The van der Waals surface area contributed by atoms with Crippen molar-refractivity contribution in [3.05, 3.63) is 72.9 Å². The summed E-state index contributed by atoms with van der Waals surface area (Å²) < 4.78 is 34.0. The van der Waals surface area contributed by atoms with Crippen LogP contribution in [0.1, 0.15) is 129 Å². The number of phosphoric ester groups is 1. The fraction of sp³-hybridized carbons (Fsp3) is 0.698. The molecule has 1 rings (SSSR count). The van der Waals surface area contributed by atoms with Crippen molar-refractivity contribution < 1.29 is 58.3 Å². The lowest BCUT2D eigenvalue weighted by molar-refractivity contribution is -0.220. The molecule has 0 radical (unpaired) electrons. The van der Waals surface area contributed by atoms with Crippen molar-refractivity contribution in [1.29, 1.82) is 0 Å². The molecule has 1 aliphatic carbocycles. The van der Waals surface area contributed by atoms with Gasteiger partial charge in [0.05, 0.1) is 13.2 Å². The number of esters is 1. The van der Waals surface area contributed by atoms with Crippen molar-refractivity contribution in [3.8, 4) is 0 Å². The topological polar surface area (TPSA) is 192 Å². The van der Waals surface area contributed by atoms with E-state index >= 15 is 0 Å². The summed E-state index contributed by atoms with van der Waals surface area (Å²) in [5, 5.41) is 50.0. The highest BCUT2D eigenvalue weighted by molar-refractivity contribution is 7.47. The van der Waals surface area contributed by atoms with Gasteiger partial charge in [-0.1, -0.05) is 119 Å². The van der Waals surface area contributed by atoms with Crippen LogP contribution in [0.25, 0.3) is 0 Å². The van der Waals surface area contributed by atoms with Gasteiger partial charge in [-0.05, 0) is 77.0 Å². The van der Waals surface area contributed by atoms with Crippen LogP contribution in [-0.4, -0.2) is 98.9 Å². The Balaban J connectivity index is 2.48. The average Bonchev–Trinajstić information content (AvgIpc) is 3.18. The lowest BCUT2D eigenvalue weighted by Crippen LogP contribution is -2.64. The lowest BCUT2D eigenvalue weighted by Gasteiger charge is -2.41. The molecule has 0 aromatic rings. The van der Waals surface area contributed by atoms with Gasteiger partial charge in [0.2, 0.25) is 0 Å². The van der Waals surface area contributed by atoms with Crippen molar-refractivity contribution in [2.75, 3.05) is 19.8 Å². The van der Waals surface area contributed by atoms with Crippen molar-refractivity contribution >= 4 is 13.8 Å². The third kappa shape index (κ3) is 25.9. The first-order chi connectivity index (χ1) is 27.0. The Labute approximate surface area is 336 Å². The van der Waals surface area contributed by atoms with Gasteiger partial charge in [0, 0.05) is 13.0 Å². The summed E-state index contributed by atoms with van der Waals surface area (Å²) in [7, 11) is -5.03. The molecule has 0 aliphatic heterocycles. The van der Waals surface area contributed by atoms with E-state index in [2.05, 4.69) is 86.8 Å². The summed E-state index contributed by atoms with van der Waals surface area (Å²) in [5.74, 6) is -0.516. The molecule has 1 fully saturated rings. The molecule has 6 N–H and O–H groups in total. The Bertz CT molecular complexity index is 1200. The monoisotopic (exact) mass is 812 g/mol. The summed E-state index contributed by atoms with van der Waals surface area (Å²) in [4.78, 5) is 23.0. The summed E-state index contributed by atoms with van der Waals surface area (Å²) in [5.41, 5.74) is 0. The molecule has 0 heterocycles. The van der Waals surface area contributed by atoms with Gasteiger partial charge in [-0.25, -0.2) is 4.57 Å². The molecule has 0 saturated heterocycles. The molecule has 0 bridgehead atoms. The summed E-state index contributed by atoms with van der Waals surface area (Å²) in [6.45, 7) is 3.94. The van der Waals surface area contributed by atoms with Gasteiger partial charge < -0.3 is 39.9 Å². The van der Waals surface area contributed by atoms with Crippen LogP contribution in [0.4, 0.5) is 0 Å². The quantitative estimate of drug-likeness (QED) is 0.0165. The van der Waals surface area contributed by atoms with E-state index < -0.39 is 63.1 Å². The van der Waals surface area contributed by atoms with Crippen molar-refractivity contribution in [2.24, 2.45) is 0 Å². The van der Waals surface area contributed by atoms with Gasteiger partial charge in [-0.2, -0.15) is 0 Å². The zero-order chi connectivity index (χ0) is 41.3. The number of carbonyl (C=O) groups is 1. The normalized spacial score (nSPS) is 23.8. The number of aliphatic hydroxyl groups excluding tert-OH is 5. The molecule has 0 aromatic carbocycles. The summed E-state index contributed by atoms with van der Waals surface area (Å²) >= 11 is 0. The zero-order valence-electron chi connectivity index (χ0n) is 33.9. The standard InChI is InChI=1S/C43H73O12P/c1-3-5-7-9-11-13-15-17-18-19-21-23-25-27-29-31-33-52-34-36(35-53-56(50,51)55-43-41(48)39(46)38(45)40(47)42(43)49)54-37(44)32-30-28-26-24-22-20-16-14-12-10-8-6-4-2/h5-8,11-14,17-18,20,22,36,38-43,45-49H,3-4,9-10,15-16,19,21,23-35H2,1-2H3,(H,50,51)/b7-5-,8-6-,13-11-,14-12-,18-17-,22-20-. The van der Waals surface area contributed by atoms with E-state index in [4.69, 9.17) is 18.5 Å². The fourth-order valence-corrected chi connectivity index (χ4v) is 6.77. The SMILES string of the molecule is CC/C=C\C/C=C\C/C=C\CCCCCCCCOCC(COP(=O)(O)OC1C(O)C(O)C(O)C(O)C1O)OC(=O)CCCCC/C=C\C/C=C\C/C=C\CC. The van der Waals surface area contributed by atoms with E-state index in [-0.39, 0.29) is 13.0 Å². The molecular weight excluding hydrogens is 739 g/mol. The van der Waals surface area contributed by atoms with Crippen LogP contribution in [0, 0.1) is 0 Å². The molecule has 6 unspecified atom stereocenters. The van der Waals surface area contributed by atoms with Crippen molar-refractivity contribution in [1.82, 2.24) is 0 Å². The molecule has 56 heavy (non-hydrogen) atoms. The van der Waals surface area contributed by atoms with E-state index in [1.165, 1.54) is 0 Å². The van der Waals surface area contributed by atoms with Crippen LogP contribution >= 0.6 is 7.82 Å². The first-order valence-electron chi connectivity index (χ1n) is 20.8. The maximum Gasteiger partial charge on any atom is 0.472 e. The Morgan fingerprint density at radius 3 is 1.52 bits per heavy atom. The van der Waals surface area contributed by atoms with Gasteiger partial charge in [-0.3, -0.25) is 13.8 Å². The number of hydrogen-bond donors (Lipinski definition) is 6. The minimum absolute atomic E-state index is 0.102. The van der Waals surface area contributed by atoms with Gasteiger partial charge in [0.15, 0.2) is 0 Å². The van der Waals surface area contributed by atoms with E-state index in [9.17, 15) is 39.8 Å². The lowest BCUT2D eigenvalue weighted by atomic mass is 9.85. The molecule has 6 atom stereocenters. The molecule has 322 valence electrons. The highest BCUT2D eigenvalue weighted by Crippen LogP contribution is 2.47. The third-order valence-electron chi connectivity index (χ3n) is 9.07. The van der Waals surface area contributed by atoms with Gasteiger partial charge >= 0.3 is 13.8 Å². The van der Waals surface area contributed by atoms with Crippen LogP contribution in [0.15, 0.2) is 72.9 Å². The van der Waals surface area contributed by atoms with Crippen LogP contribution in [-0.2, 0) is 27.9 Å². The zero-order valence-corrected chi connectivity index (χ0v) is 34.8. The Morgan fingerprint density at radius 2 is 1.00 bits per heavy atom. The van der Waals surface area contributed by atoms with Crippen LogP contribution in [0.2, 0.25) is 0 Å². The number of unbranched alkanes of at least 4 members (excludes halogenated alkanes) is 9. The number of aliphatic hydroxyl groups is 5. The van der Waals surface area contributed by atoms with Crippen molar-refractivity contribution in [3.63, 3.8) is 0 Å². The van der Waals surface area contributed by atoms with E-state index in [1.54, 1.807) is 0 Å². The van der Waals surface area contributed by atoms with Gasteiger partial charge in [0.1, 0.15) is 42.7 Å². The number of hydrogen-bond acceptors (Lipinski definition) is 11. The summed E-state index contributed by atoms with van der Waals surface area (Å²) in [6.07, 6.45) is 29.8. The van der Waals surface area contributed by atoms with Crippen LogP contribution in [0.5, 0.6) is 0 Å². The van der Waals surface area contributed by atoms with E-state index in [1.807, 2.05) is 0 Å². The second-order valence-electron chi connectivity index (χ2n) is 14.1. The smallest absolute Gasteiger partial charge is 0.457 e. The number of carbonyl (C=O) groups excluding carboxylic acids is 1. The minimum Gasteiger partial charge on any atom is -0.457 e. The summed E-state index contributed by atoms with van der Waals surface area (Å²) in [6, 6.07) is 0. The van der Waals surface area contributed by atoms with E-state index in [0.29, 0.717) is 13.0 Å². The molecular formula is C43H73O12P. The van der Waals surface area contributed by atoms with Crippen molar-refractivity contribution in [2.45, 2.75) is 172 Å². The van der Waals surface area contributed by atoms with E-state index in [0.717, 1.165) is 103 Å². The highest BCUT2D eigenvalue weighted by atomic mass is 31.2. The second kappa shape index (κ2) is 33.7. The Hall–Kier alpha value is -2.22. The predicted octanol–water partition coefficient (Wildman–Crippen LogP) is 7.63. The number of ether oxygens (including phenoxy) is 2. The molecule has 13 heteroatoms. The van der Waals surface area contributed by atoms with Crippen LogP contribution < -0.4 is 0 Å². The predicted molar refractivity (Wildman–Crippen MR) is 221 cm³/mol. The largest absolute Gasteiger partial charge is 0.472 e. The first-order valence-corrected chi connectivity index (χ1v) is 22.3. The van der Waals surface area contributed by atoms with Crippen LogP contribution in [0.3, 0.4) is 0 Å². The maximum atomic E-state index is 12.8. The number of allylic oxidation sites excluding steroid dienone is 12. The average molecular weight is 813 g/mol. The highest BCUT2D eigenvalue weighted by Gasteiger charge is 2.51. The first kappa shape index (κ1) is 51.8. The molecule has 1 saturated carbocycles. The minimum atomic E-state index is -5.03. The molecule has 1 aliphatic rings. The van der Waals surface area contributed by atoms with Gasteiger partial charge in [-0.15, -0.1) is 0 Å². The number of phosphoric acid groups is 1.